The van der Waals surface area contributed by atoms with Gasteiger partial charge >= 0.3 is 5.97 Å². The third kappa shape index (κ3) is 8.41. The molecular formula is C25H34N2O3S2. The minimum Gasteiger partial charge on any atom is -0.464 e. The maximum Gasteiger partial charge on any atom is 0.356 e. The number of aliphatic hydroxyl groups excluding tert-OH is 1. The van der Waals surface area contributed by atoms with Crippen molar-refractivity contribution in [1.29, 1.82) is 0 Å². The summed E-state index contributed by atoms with van der Waals surface area (Å²) in [5, 5.41) is 12.4. The molecule has 0 saturated heterocycles. The Kier molecular flexibility index (Phi) is 10.9. The van der Waals surface area contributed by atoms with Gasteiger partial charge in [0.1, 0.15) is 5.69 Å². The second-order valence-corrected chi connectivity index (χ2v) is 10.9. The zero-order chi connectivity index (χ0) is 22.6. The highest BCUT2D eigenvalue weighted by Crippen LogP contribution is 2.33. The fourth-order valence-electron chi connectivity index (χ4n) is 4.02. The summed E-state index contributed by atoms with van der Waals surface area (Å²) in [7, 11) is 1.38. The van der Waals surface area contributed by atoms with Gasteiger partial charge in [-0.2, -0.15) is 0 Å². The quantitative estimate of drug-likeness (QED) is 0.493. The van der Waals surface area contributed by atoms with Crippen LogP contribution in [0.3, 0.4) is 0 Å². The van der Waals surface area contributed by atoms with Gasteiger partial charge in [-0.05, 0) is 49.9 Å². The molecule has 0 spiro atoms. The van der Waals surface area contributed by atoms with Gasteiger partial charge in [-0.15, -0.1) is 23.5 Å². The van der Waals surface area contributed by atoms with Gasteiger partial charge in [-0.1, -0.05) is 50.7 Å². The van der Waals surface area contributed by atoms with Gasteiger partial charge in [-0.3, -0.25) is 0 Å². The molecule has 2 fully saturated rings. The van der Waals surface area contributed by atoms with E-state index in [9.17, 15) is 4.79 Å². The maximum absolute atomic E-state index is 11.4. The van der Waals surface area contributed by atoms with Crippen molar-refractivity contribution in [3.05, 3.63) is 47.8 Å². The molecule has 2 aliphatic rings. The molecule has 2 aromatic heterocycles. The van der Waals surface area contributed by atoms with Crippen LogP contribution in [-0.4, -0.2) is 38.7 Å². The second-order valence-electron chi connectivity index (χ2n) is 8.23. The molecule has 0 aliphatic heterocycles. The van der Waals surface area contributed by atoms with Crippen molar-refractivity contribution < 1.29 is 14.6 Å². The lowest BCUT2D eigenvalue weighted by molar-refractivity contribution is 0.0593. The normalized spacial score (nSPS) is 17.3. The van der Waals surface area contributed by atoms with Crippen LogP contribution in [0.15, 0.2) is 46.5 Å². The smallest absolute Gasteiger partial charge is 0.356 e. The van der Waals surface area contributed by atoms with Gasteiger partial charge < -0.3 is 9.84 Å². The number of aliphatic hydroxyl groups is 1. The molecule has 5 nitrogen and oxygen atoms in total. The number of methoxy groups -OCH3 is 1. The number of pyridine rings is 2. The Balaban J connectivity index is 0.000000182. The Morgan fingerprint density at radius 3 is 1.94 bits per heavy atom. The van der Waals surface area contributed by atoms with Gasteiger partial charge in [-0.25, -0.2) is 14.8 Å². The molecule has 0 amide bonds. The molecule has 2 aliphatic carbocycles. The third-order valence-electron chi connectivity index (χ3n) is 5.74. The van der Waals surface area contributed by atoms with Crippen LogP contribution in [0.4, 0.5) is 0 Å². The second kappa shape index (κ2) is 13.9. The summed E-state index contributed by atoms with van der Waals surface area (Å²) in [5.74, 6) is -0.365. The number of hydrogen-bond donors (Lipinski definition) is 1. The Labute approximate surface area is 200 Å². The highest BCUT2D eigenvalue weighted by molar-refractivity contribution is 8.00. The molecule has 0 unspecified atom stereocenters. The molecule has 0 radical (unpaired) electrons. The standard InChI is InChI=1S/C13H17NO2S.C12H17NOS/c1-16-13(15)11-8-5-9-12(14-11)17-10-6-3-2-4-7-10;14-9-10-5-4-8-12(13-10)15-11-6-2-1-3-7-11/h5,8-10H,2-4,6-7H2,1H3;4-5,8,11,14H,1-3,6-7,9H2. The average Bonchev–Trinajstić information content (AvgIpc) is 2.85. The monoisotopic (exact) mass is 474 g/mol. The molecule has 0 atom stereocenters. The molecule has 0 bridgehead atoms. The zero-order valence-corrected chi connectivity index (χ0v) is 20.5. The van der Waals surface area contributed by atoms with E-state index in [1.807, 2.05) is 42.1 Å². The lowest BCUT2D eigenvalue weighted by Gasteiger charge is -2.20. The molecule has 4 rings (SSSR count). The minimum atomic E-state index is -0.365. The Bertz CT molecular complexity index is 837. The average molecular weight is 475 g/mol. The fourth-order valence-corrected chi connectivity index (χ4v) is 6.47. The van der Waals surface area contributed by atoms with E-state index in [1.165, 1.54) is 71.3 Å². The number of hydrogen-bond acceptors (Lipinski definition) is 7. The summed E-state index contributed by atoms with van der Waals surface area (Å²) >= 11 is 3.66. The Hall–Kier alpha value is -1.57. The van der Waals surface area contributed by atoms with Crippen molar-refractivity contribution >= 4 is 29.5 Å². The largest absolute Gasteiger partial charge is 0.464 e. The fraction of sp³-hybridized carbons (Fsp3) is 0.560. The number of esters is 1. The number of thioether (sulfide) groups is 2. The van der Waals surface area contributed by atoms with Crippen LogP contribution in [0.1, 0.15) is 80.4 Å². The lowest BCUT2D eigenvalue weighted by atomic mass is 10.0. The molecule has 2 heterocycles. The molecule has 2 saturated carbocycles. The van der Waals surface area contributed by atoms with Gasteiger partial charge in [0, 0.05) is 10.5 Å². The first-order valence-corrected chi connectivity index (χ1v) is 13.4. The summed E-state index contributed by atoms with van der Waals surface area (Å²) in [4.78, 5) is 20.1. The number of nitrogens with zero attached hydrogens (tertiary/aromatic N) is 2. The summed E-state index contributed by atoms with van der Waals surface area (Å²) in [6.07, 6.45) is 13.2. The molecule has 0 aromatic carbocycles. The van der Waals surface area contributed by atoms with E-state index in [0.717, 1.165) is 21.0 Å². The highest BCUT2D eigenvalue weighted by Gasteiger charge is 2.17. The lowest BCUT2D eigenvalue weighted by Crippen LogP contribution is -2.09. The number of carbonyl (C=O) groups excluding carboxylic acids is 1. The number of aromatic nitrogens is 2. The summed E-state index contributed by atoms with van der Waals surface area (Å²) in [5.41, 5.74) is 1.17. The highest BCUT2D eigenvalue weighted by atomic mass is 32.2. The molecule has 1 N–H and O–H groups in total. The Morgan fingerprint density at radius 2 is 1.41 bits per heavy atom. The van der Waals surface area contributed by atoms with E-state index in [4.69, 9.17) is 5.11 Å². The van der Waals surface area contributed by atoms with Crippen LogP contribution < -0.4 is 0 Å². The first kappa shape index (κ1) is 25.1. The van der Waals surface area contributed by atoms with Crippen molar-refractivity contribution in [2.75, 3.05) is 7.11 Å². The van der Waals surface area contributed by atoms with Crippen molar-refractivity contribution in [2.45, 2.75) is 91.4 Å². The minimum absolute atomic E-state index is 0.0407. The van der Waals surface area contributed by atoms with E-state index in [1.54, 1.807) is 17.8 Å². The van der Waals surface area contributed by atoms with E-state index in [-0.39, 0.29) is 12.6 Å². The first-order valence-electron chi connectivity index (χ1n) is 11.6. The van der Waals surface area contributed by atoms with E-state index >= 15 is 0 Å². The van der Waals surface area contributed by atoms with Gasteiger partial charge in [0.15, 0.2) is 0 Å². The third-order valence-corrected chi connectivity index (χ3v) is 8.29. The van der Waals surface area contributed by atoms with Crippen LogP contribution in [0.5, 0.6) is 0 Å². The first-order chi connectivity index (χ1) is 15.7. The van der Waals surface area contributed by atoms with Crippen molar-refractivity contribution in [2.24, 2.45) is 0 Å². The van der Waals surface area contributed by atoms with Gasteiger partial charge in [0.25, 0.3) is 0 Å². The maximum atomic E-state index is 11.4. The van der Waals surface area contributed by atoms with Crippen LogP contribution in [0.25, 0.3) is 0 Å². The van der Waals surface area contributed by atoms with Crippen LogP contribution in [0, 0.1) is 0 Å². The summed E-state index contributed by atoms with van der Waals surface area (Å²) < 4.78 is 4.67. The van der Waals surface area contributed by atoms with Gasteiger partial charge in [0.05, 0.1) is 29.5 Å². The zero-order valence-electron chi connectivity index (χ0n) is 18.9. The van der Waals surface area contributed by atoms with Crippen molar-refractivity contribution in [1.82, 2.24) is 9.97 Å². The topological polar surface area (TPSA) is 72.3 Å². The molecular weight excluding hydrogens is 440 g/mol. The van der Waals surface area contributed by atoms with Crippen LogP contribution in [0.2, 0.25) is 0 Å². The van der Waals surface area contributed by atoms with Crippen molar-refractivity contribution in [3.63, 3.8) is 0 Å². The predicted octanol–water partition coefficient (Wildman–Crippen LogP) is 6.29. The van der Waals surface area contributed by atoms with Gasteiger partial charge in [0.2, 0.25) is 0 Å². The van der Waals surface area contributed by atoms with E-state index in [0.29, 0.717) is 10.9 Å². The predicted molar refractivity (Wildman–Crippen MR) is 131 cm³/mol. The van der Waals surface area contributed by atoms with E-state index in [2.05, 4.69) is 14.7 Å². The molecule has 32 heavy (non-hydrogen) atoms. The Morgan fingerprint density at radius 1 is 0.875 bits per heavy atom. The van der Waals surface area contributed by atoms with Crippen LogP contribution >= 0.6 is 23.5 Å². The number of ether oxygens (including phenoxy) is 1. The van der Waals surface area contributed by atoms with Crippen molar-refractivity contribution in [3.8, 4) is 0 Å². The number of rotatable bonds is 6. The summed E-state index contributed by atoms with van der Waals surface area (Å²) in [6.45, 7) is 0.0407. The molecule has 174 valence electrons. The molecule has 7 heteroatoms. The van der Waals surface area contributed by atoms with E-state index < -0.39 is 0 Å². The molecule has 2 aromatic rings. The SMILES string of the molecule is COC(=O)c1cccc(SC2CCCCC2)n1.OCc1cccc(SC2CCCCC2)n1. The summed E-state index contributed by atoms with van der Waals surface area (Å²) in [6, 6.07) is 11.4. The van der Waals surface area contributed by atoms with Crippen LogP contribution in [-0.2, 0) is 11.3 Å². The number of carbonyl (C=O) groups is 1.